The molecule has 0 radical (unpaired) electrons. The molecule has 130 valence electrons. The number of carbonyl (C=O) groups excluding carboxylic acids is 1. The first-order chi connectivity index (χ1) is 11.7. The lowest BCUT2D eigenvalue weighted by molar-refractivity contribution is -0.136. The first-order valence-corrected chi connectivity index (χ1v) is 7.86. The van der Waals surface area contributed by atoms with Gasteiger partial charge in [-0.25, -0.2) is 0 Å². The molecule has 5 nitrogen and oxygen atoms in total. The van der Waals surface area contributed by atoms with E-state index in [1.807, 2.05) is 0 Å². The normalized spacial score (nSPS) is 11.7. The van der Waals surface area contributed by atoms with Crippen molar-refractivity contribution in [1.29, 1.82) is 0 Å². The number of alkyl halides is 3. The molecule has 9 heteroatoms. The molecule has 2 heterocycles. The highest BCUT2D eigenvalue weighted by atomic mass is 32.1. The Hall–Kier alpha value is -2.81. The Bertz CT molecular complexity index is 1020. The molecule has 2 aromatic heterocycles. The third-order valence-corrected chi connectivity index (χ3v) is 4.69. The second kappa shape index (κ2) is 5.92. The number of amides is 1. The zero-order valence-corrected chi connectivity index (χ0v) is 13.5. The maximum Gasteiger partial charge on any atom is 0.418 e. The van der Waals surface area contributed by atoms with Gasteiger partial charge in [0.05, 0.1) is 10.9 Å². The molecule has 3 aromatic rings. The number of anilines is 1. The number of hydrogen-bond donors (Lipinski definition) is 2. The van der Waals surface area contributed by atoms with E-state index in [4.69, 9.17) is 0 Å². The molecule has 25 heavy (non-hydrogen) atoms. The summed E-state index contributed by atoms with van der Waals surface area (Å²) in [5.41, 5.74) is -2.36. The van der Waals surface area contributed by atoms with Crippen molar-refractivity contribution in [3.05, 3.63) is 57.2 Å². The van der Waals surface area contributed by atoms with Gasteiger partial charge in [-0.05, 0) is 12.1 Å². The lowest BCUT2D eigenvalue weighted by Gasteiger charge is -2.12. The molecule has 0 bridgehead atoms. The summed E-state index contributed by atoms with van der Waals surface area (Å²) in [6.45, 7) is 0. The number of aromatic hydroxyl groups is 1. The zero-order valence-electron chi connectivity index (χ0n) is 12.7. The van der Waals surface area contributed by atoms with Crippen molar-refractivity contribution in [2.75, 3.05) is 5.32 Å². The first-order valence-electron chi connectivity index (χ1n) is 6.98. The van der Waals surface area contributed by atoms with Crippen LogP contribution in [0.1, 0.15) is 15.9 Å². The third kappa shape index (κ3) is 2.86. The van der Waals surface area contributed by atoms with Gasteiger partial charge in [0.25, 0.3) is 11.5 Å². The van der Waals surface area contributed by atoms with E-state index in [0.29, 0.717) is 17.0 Å². The van der Waals surface area contributed by atoms with E-state index in [1.54, 1.807) is 30.3 Å². The highest BCUT2D eigenvalue weighted by molar-refractivity contribution is 7.17. The van der Waals surface area contributed by atoms with Crippen LogP contribution < -0.4 is 10.9 Å². The number of nitrogens with one attached hydrogen (secondary N) is 1. The number of halogens is 3. The van der Waals surface area contributed by atoms with Crippen LogP contribution in [0.3, 0.4) is 0 Å². The van der Waals surface area contributed by atoms with E-state index in [2.05, 4.69) is 5.32 Å². The molecule has 0 saturated carbocycles. The Labute approximate surface area is 142 Å². The molecule has 0 aliphatic rings. The standard InChI is InChI=1S/C16H11F3N2O3S/c1-21-14(24)11(13(23)20-8-5-3-2-4-6-8)12(22)10-9(16(17,18)19)7-25-15(10)21/h2-7,22H,1H3,(H,20,23). The molecule has 3 rings (SSSR count). The summed E-state index contributed by atoms with van der Waals surface area (Å²) >= 11 is 0.671. The van der Waals surface area contributed by atoms with Gasteiger partial charge < -0.3 is 15.0 Å². The lowest BCUT2D eigenvalue weighted by Crippen LogP contribution is -2.28. The summed E-state index contributed by atoms with van der Waals surface area (Å²) in [6.07, 6.45) is -4.72. The summed E-state index contributed by atoms with van der Waals surface area (Å²) in [6, 6.07) is 8.07. The molecule has 2 N–H and O–H groups in total. The molecule has 0 aliphatic heterocycles. The summed E-state index contributed by atoms with van der Waals surface area (Å²) in [7, 11) is 1.25. The fraction of sp³-hybridized carbons (Fsp3) is 0.125. The number of nitrogens with zero attached hydrogens (tertiary/aromatic N) is 1. The Morgan fingerprint density at radius 3 is 2.48 bits per heavy atom. The van der Waals surface area contributed by atoms with Crippen molar-refractivity contribution in [1.82, 2.24) is 4.57 Å². The van der Waals surface area contributed by atoms with E-state index < -0.39 is 39.9 Å². The zero-order chi connectivity index (χ0) is 18.4. The molecule has 0 spiro atoms. The van der Waals surface area contributed by atoms with E-state index in [0.717, 1.165) is 9.95 Å². The number of aryl methyl sites for hydroxylation is 1. The molecular formula is C16H11F3N2O3S. The number of para-hydroxylation sites is 1. The Morgan fingerprint density at radius 2 is 1.88 bits per heavy atom. The van der Waals surface area contributed by atoms with E-state index >= 15 is 0 Å². The molecule has 0 saturated heterocycles. The Kier molecular flexibility index (Phi) is 4.03. The topological polar surface area (TPSA) is 71.3 Å². The summed E-state index contributed by atoms with van der Waals surface area (Å²) in [5.74, 6) is -1.95. The molecule has 1 amide bonds. The molecule has 0 aliphatic carbocycles. The van der Waals surface area contributed by atoms with Gasteiger partial charge in [-0.1, -0.05) is 18.2 Å². The third-order valence-electron chi connectivity index (χ3n) is 3.63. The largest absolute Gasteiger partial charge is 0.506 e. The highest BCUT2D eigenvalue weighted by Crippen LogP contribution is 2.42. The van der Waals surface area contributed by atoms with Crippen LogP contribution in [0.15, 0.2) is 40.5 Å². The number of hydrogen-bond acceptors (Lipinski definition) is 4. The number of fused-ring (bicyclic) bond motifs is 1. The number of benzene rings is 1. The smallest absolute Gasteiger partial charge is 0.418 e. The van der Waals surface area contributed by atoms with Gasteiger partial charge in [-0.3, -0.25) is 9.59 Å². The van der Waals surface area contributed by atoms with Crippen molar-refractivity contribution in [2.24, 2.45) is 7.05 Å². The summed E-state index contributed by atoms with van der Waals surface area (Å²) in [4.78, 5) is 24.7. The van der Waals surface area contributed by atoms with Gasteiger partial charge in [0, 0.05) is 18.1 Å². The number of thiophene rings is 1. The monoisotopic (exact) mass is 368 g/mol. The number of pyridine rings is 1. The predicted octanol–water partition coefficient (Wildman–Crippen LogP) is 3.58. The average molecular weight is 368 g/mol. The fourth-order valence-electron chi connectivity index (χ4n) is 2.44. The molecular weight excluding hydrogens is 357 g/mol. The van der Waals surface area contributed by atoms with Crippen LogP contribution in [0.2, 0.25) is 0 Å². The summed E-state index contributed by atoms with van der Waals surface area (Å²) < 4.78 is 40.4. The molecule has 0 fully saturated rings. The Balaban J connectivity index is 2.22. The molecule has 1 aromatic carbocycles. The minimum Gasteiger partial charge on any atom is -0.506 e. The maximum atomic E-state index is 13.2. The van der Waals surface area contributed by atoms with Crippen molar-refractivity contribution in [2.45, 2.75) is 6.18 Å². The van der Waals surface area contributed by atoms with Gasteiger partial charge in [0.1, 0.15) is 16.1 Å². The van der Waals surface area contributed by atoms with Crippen LogP contribution >= 0.6 is 11.3 Å². The van der Waals surface area contributed by atoms with Gasteiger partial charge in [0.15, 0.2) is 0 Å². The second-order valence-electron chi connectivity index (χ2n) is 5.24. The van der Waals surface area contributed by atoms with Crippen molar-refractivity contribution >= 4 is 33.1 Å². The van der Waals surface area contributed by atoms with Crippen molar-refractivity contribution in [3.63, 3.8) is 0 Å². The second-order valence-corrected chi connectivity index (χ2v) is 6.09. The van der Waals surface area contributed by atoms with Crippen LogP contribution in [0.4, 0.5) is 18.9 Å². The van der Waals surface area contributed by atoms with E-state index in [9.17, 15) is 27.9 Å². The minimum atomic E-state index is -4.72. The van der Waals surface area contributed by atoms with Gasteiger partial charge >= 0.3 is 6.18 Å². The maximum absolute atomic E-state index is 13.2. The van der Waals surface area contributed by atoms with Crippen LogP contribution in [0.25, 0.3) is 10.2 Å². The molecule has 0 unspecified atom stereocenters. The average Bonchev–Trinajstić information content (AvgIpc) is 2.99. The van der Waals surface area contributed by atoms with Crippen LogP contribution in [0, 0.1) is 0 Å². The van der Waals surface area contributed by atoms with Gasteiger partial charge in [-0.2, -0.15) is 13.2 Å². The summed E-state index contributed by atoms with van der Waals surface area (Å²) in [5, 5.41) is 12.9. The SMILES string of the molecule is Cn1c(=O)c(C(=O)Nc2ccccc2)c(O)c2c(C(F)(F)F)csc21. The van der Waals surface area contributed by atoms with Crippen LogP contribution in [-0.4, -0.2) is 15.6 Å². The highest BCUT2D eigenvalue weighted by Gasteiger charge is 2.37. The van der Waals surface area contributed by atoms with Gasteiger partial charge in [-0.15, -0.1) is 11.3 Å². The van der Waals surface area contributed by atoms with Crippen LogP contribution in [0.5, 0.6) is 5.75 Å². The van der Waals surface area contributed by atoms with E-state index in [-0.39, 0.29) is 4.83 Å². The number of aromatic nitrogens is 1. The van der Waals surface area contributed by atoms with Crippen molar-refractivity contribution < 1.29 is 23.1 Å². The minimum absolute atomic E-state index is 0.0638. The Morgan fingerprint density at radius 1 is 1.24 bits per heavy atom. The predicted molar refractivity (Wildman–Crippen MR) is 88.1 cm³/mol. The number of carbonyl (C=O) groups is 1. The first kappa shape index (κ1) is 17.0. The van der Waals surface area contributed by atoms with Gasteiger partial charge in [0.2, 0.25) is 0 Å². The quantitative estimate of drug-likeness (QED) is 0.726. The van der Waals surface area contributed by atoms with E-state index in [1.165, 1.54) is 7.05 Å². The van der Waals surface area contributed by atoms with Crippen molar-refractivity contribution in [3.8, 4) is 5.75 Å². The molecule has 0 atom stereocenters. The fourth-order valence-corrected chi connectivity index (χ4v) is 3.48. The lowest BCUT2D eigenvalue weighted by atomic mass is 10.1. The number of rotatable bonds is 2. The van der Waals surface area contributed by atoms with Crippen LogP contribution in [-0.2, 0) is 13.2 Å².